The summed E-state index contributed by atoms with van der Waals surface area (Å²) >= 11 is 0. The van der Waals surface area contributed by atoms with Gasteiger partial charge in [0.2, 0.25) is 15.9 Å². The smallest absolute Gasteiger partial charge is 0.271 e. The summed E-state index contributed by atoms with van der Waals surface area (Å²) in [4.78, 5) is 14.4. The van der Waals surface area contributed by atoms with Gasteiger partial charge in [0.05, 0.1) is 19.0 Å². The van der Waals surface area contributed by atoms with Crippen LogP contribution in [0.5, 0.6) is 5.88 Å². The Bertz CT molecular complexity index is 719. The molecule has 1 aromatic rings. The summed E-state index contributed by atoms with van der Waals surface area (Å²) in [6.45, 7) is 5.00. The zero-order valence-electron chi connectivity index (χ0n) is 15.6. The molecule has 3 heterocycles. The average Bonchev–Trinajstić information content (AvgIpc) is 3.11. The third kappa shape index (κ3) is 5.18. The highest BCUT2D eigenvalue weighted by Crippen LogP contribution is 2.18. The lowest BCUT2D eigenvalue weighted by Gasteiger charge is -2.33. The molecule has 2 aliphatic heterocycles. The molecule has 0 unspecified atom stereocenters. The van der Waals surface area contributed by atoms with Crippen molar-refractivity contribution in [3.8, 4) is 5.88 Å². The van der Waals surface area contributed by atoms with Crippen LogP contribution in [0.15, 0.2) is 6.07 Å². The highest BCUT2D eigenvalue weighted by molar-refractivity contribution is 7.89. The molecule has 10 nitrogen and oxygen atoms in total. The number of piperazine rings is 1. The third-order valence-corrected chi connectivity index (χ3v) is 6.56. The molecule has 2 aliphatic rings. The lowest BCUT2D eigenvalue weighted by Crippen LogP contribution is -2.50. The van der Waals surface area contributed by atoms with Crippen molar-refractivity contribution in [3.05, 3.63) is 11.8 Å². The van der Waals surface area contributed by atoms with Crippen LogP contribution >= 0.6 is 0 Å². The van der Waals surface area contributed by atoms with Gasteiger partial charge in [-0.15, -0.1) is 0 Å². The summed E-state index contributed by atoms with van der Waals surface area (Å²) in [5.41, 5.74) is 0.362. The number of fused-ring (bicyclic) bond motifs is 1. The third-order valence-electron chi connectivity index (χ3n) is 4.72. The van der Waals surface area contributed by atoms with Gasteiger partial charge in [-0.2, -0.15) is 9.40 Å². The van der Waals surface area contributed by atoms with E-state index in [9.17, 15) is 13.2 Å². The predicted molar refractivity (Wildman–Crippen MR) is 98.3 cm³/mol. The van der Waals surface area contributed by atoms with Crippen LogP contribution < -0.4 is 10.1 Å². The molecule has 0 aliphatic carbocycles. The molecule has 1 amide bonds. The second kappa shape index (κ2) is 9.00. The first kappa shape index (κ1) is 20.1. The van der Waals surface area contributed by atoms with Crippen molar-refractivity contribution < 1.29 is 22.7 Å². The number of nitrogens with one attached hydrogen (secondary N) is 1. The van der Waals surface area contributed by atoms with Crippen molar-refractivity contribution in [2.75, 3.05) is 65.3 Å². The molecule has 27 heavy (non-hydrogen) atoms. The molecule has 0 radical (unpaired) electrons. The monoisotopic (exact) mass is 401 g/mol. The molecule has 0 saturated carbocycles. The van der Waals surface area contributed by atoms with Crippen molar-refractivity contribution in [3.63, 3.8) is 0 Å². The van der Waals surface area contributed by atoms with E-state index >= 15 is 0 Å². The molecular formula is C16H27N5O5S. The van der Waals surface area contributed by atoms with Crippen molar-refractivity contribution in [2.45, 2.75) is 13.0 Å². The zero-order valence-corrected chi connectivity index (χ0v) is 16.4. The Morgan fingerprint density at radius 1 is 1.30 bits per heavy atom. The summed E-state index contributed by atoms with van der Waals surface area (Å²) in [6, 6.07) is 1.66. The Morgan fingerprint density at radius 3 is 2.78 bits per heavy atom. The van der Waals surface area contributed by atoms with E-state index in [4.69, 9.17) is 9.47 Å². The van der Waals surface area contributed by atoms with Crippen molar-refractivity contribution in [1.82, 2.24) is 24.3 Å². The Morgan fingerprint density at radius 2 is 2.07 bits per heavy atom. The molecular weight excluding hydrogens is 374 g/mol. The van der Waals surface area contributed by atoms with E-state index in [0.717, 1.165) is 13.0 Å². The molecule has 3 rings (SSSR count). The first-order chi connectivity index (χ1) is 13.0. The van der Waals surface area contributed by atoms with Crippen LogP contribution in [0.3, 0.4) is 0 Å². The van der Waals surface area contributed by atoms with Gasteiger partial charge in [0, 0.05) is 65.4 Å². The highest BCUT2D eigenvalue weighted by atomic mass is 32.2. The van der Waals surface area contributed by atoms with Crippen LogP contribution in [-0.4, -0.2) is 98.7 Å². The fraction of sp³-hybridized carbons (Fsp3) is 0.750. The fourth-order valence-electron chi connectivity index (χ4n) is 3.15. The minimum atomic E-state index is -3.25. The summed E-state index contributed by atoms with van der Waals surface area (Å²) in [5, 5.41) is 7.12. The number of rotatable bonds is 8. The Balaban J connectivity index is 1.39. The summed E-state index contributed by atoms with van der Waals surface area (Å²) in [6.07, 6.45) is 0.892. The Hall–Kier alpha value is -1.69. The second-order valence-electron chi connectivity index (χ2n) is 6.60. The second-order valence-corrected chi connectivity index (χ2v) is 8.69. The van der Waals surface area contributed by atoms with E-state index < -0.39 is 10.0 Å². The molecule has 11 heteroatoms. The molecule has 1 saturated heterocycles. The van der Waals surface area contributed by atoms with E-state index in [0.29, 0.717) is 57.4 Å². The summed E-state index contributed by atoms with van der Waals surface area (Å²) in [7, 11) is -1.76. The SMILES string of the molecule is COCCS(=O)(=O)N1CCN(CCNC(=O)c2cc3n(n2)CCCO3)CC1. The first-order valence-electron chi connectivity index (χ1n) is 9.17. The number of carbonyl (C=O) groups excluding carboxylic acids is 1. The largest absolute Gasteiger partial charge is 0.478 e. The van der Waals surface area contributed by atoms with Gasteiger partial charge in [-0.1, -0.05) is 0 Å². The standard InChI is InChI=1S/C16H27N5O5S/c1-25-11-12-27(23,24)20-8-6-19(7-9-20)5-3-17-16(22)14-13-15-21(18-14)4-2-10-26-15/h13H,2-12H2,1H3,(H,17,22). The number of hydrogen-bond donors (Lipinski definition) is 1. The van der Waals surface area contributed by atoms with Gasteiger partial charge in [0.25, 0.3) is 5.91 Å². The normalized spacial score (nSPS) is 18.7. The van der Waals surface area contributed by atoms with Gasteiger partial charge in [0.15, 0.2) is 5.69 Å². The maximum absolute atomic E-state index is 12.2. The number of sulfonamides is 1. The van der Waals surface area contributed by atoms with E-state index in [-0.39, 0.29) is 18.3 Å². The number of aromatic nitrogens is 2. The molecule has 1 N–H and O–H groups in total. The highest BCUT2D eigenvalue weighted by Gasteiger charge is 2.26. The Labute approximate surface area is 159 Å². The van der Waals surface area contributed by atoms with Gasteiger partial charge >= 0.3 is 0 Å². The molecule has 0 bridgehead atoms. The van der Waals surface area contributed by atoms with Crippen molar-refractivity contribution in [2.24, 2.45) is 0 Å². The minimum absolute atomic E-state index is 0.0118. The van der Waals surface area contributed by atoms with E-state index in [1.54, 1.807) is 10.7 Å². The minimum Gasteiger partial charge on any atom is -0.478 e. The molecule has 0 spiro atoms. The summed E-state index contributed by atoms with van der Waals surface area (Å²) in [5.74, 6) is 0.427. The number of amides is 1. The quantitative estimate of drug-likeness (QED) is 0.595. The number of hydrogen-bond acceptors (Lipinski definition) is 7. The first-order valence-corrected chi connectivity index (χ1v) is 10.8. The zero-order chi connectivity index (χ0) is 19.3. The van der Waals surface area contributed by atoms with Crippen LogP contribution in [0.2, 0.25) is 0 Å². The van der Waals surface area contributed by atoms with Gasteiger partial charge in [-0.05, 0) is 0 Å². The number of aryl methyl sites for hydroxylation is 1. The summed E-state index contributed by atoms with van der Waals surface area (Å²) < 4.78 is 37.8. The van der Waals surface area contributed by atoms with Crippen LogP contribution in [0.25, 0.3) is 0 Å². The van der Waals surface area contributed by atoms with Gasteiger partial charge in [0.1, 0.15) is 0 Å². The molecule has 0 aromatic carbocycles. The molecule has 1 fully saturated rings. The van der Waals surface area contributed by atoms with E-state index in [2.05, 4.69) is 15.3 Å². The average molecular weight is 401 g/mol. The van der Waals surface area contributed by atoms with Gasteiger partial charge < -0.3 is 14.8 Å². The number of nitrogens with zero attached hydrogens (tertiary/aromatic N) is 4. The van der Waals surface area contributed by atoms with Crippen LogP contribution in [0.1, 0.15) is 16.9 Å². The maximum atomic E-state index is 12.2. The van der Waals surface area contributed by atoms with Crippen molar-refractivity contribution in [1.29, 1.82) is 0 Å². The van der Waals surface area contributed by atoms with Crippen LogP contribution in [-0.2, 0) is 21.3 Å². The van der Waals surface area contributed by atoms with Crippen molar-refractivity contribution >= 4 is 15.9 Å². The van der Waals surface area contributed by atoms with E-state index in [1.807, 2.05) is 0 Å². The molecule has 152 valence electrons. The van der Waals surface area contributed by atoms with Crippen LogP contribution in [0.4, 0.5) is 0 Å². The van der Waals surface area contributed by atoms with Gasteiger partial charge in [-0.3, -0.25) is 9.69 Å². The topological polar surface area (TPSA) is 106 Å². The predicted octanol–water partition coefficient (Wildman–Crippen LogP) is -1.01. The Kier molecular flexibility index (Phi) is 6.68. The van der Waals surface area contributed by atoms with Crippen LogP contribution in [0, 0.1) is 0 Å². The fourth-order valence-corrected chi connectivity index (χ4v) is 4.50. The lowest BCUT2D eigenvalue weighted by molar-refractivity contribution is 0.0939. The van der Waals surface area contributed by atoms with Gasteiger partial charge in [-0.25, -0.2) is 13.1 Å². The number of methoxy groups -OCH3 is 1. The molecule has 1 aromatic heterocycles. The number of carbonyl (C=O) groups is 1. The number of ether oxygens (including phenoxy) is 2. The maximum Gasteiger partial charge on any atom is 0.271 e. The lowest BCUT2D eigenvalue weighted by atomic mass is 10.3. The molecule has 0 atom stereocenters. The van der Waals surface area contributed by atoms with E-state index in [1.165, 1.54) is 11.4 Å².